The lowest BCUT2D eigenvalue weighted by atomic mass is 10.5. The van der Waals surface area contributed by atoms with Gasteiger partial charge in [0.25, 0.3) is 5.56 Å². The maximum Gasteiger partial charge on any atom is 0.332 e. The van der Waals surface area contributed by atoms with Crippen LogP contribution < -0.4 is 11.2 Å². The average Bonchev–Trinajstić information content (AvgIpc) is 2.65. The van der Waals surface area contributed by atoms with Crippen LogP contribution in [0.3, 0.4) is 0 Å². The highest BCUT2D eigenvalue weighted by Crippen LogP contribution is 2.38. The second-order valence-electron chi connectivity index (χ2n) is 4.81. The summed E-state index contributed by atoms with van der Waals surface area (Å²) in [6, 6.07) is 0. The molecular formula is C10H15N4O3P. The van der Waals surface area contributed by atoms with Crippen LogP contribution in [0.5, 0.6) is 0 Å². The van der Waals surface area contributed by atoms with Gasteiger partial charge in [0.2, 0.25) is 0 Å². The van der Waals surface area contributed by atoms with Crippen molar-refractivity contribution in [3.8, 4) is 0 Å². The largest absolute Gasteiger partial charge is 0.332 e. The number of hydrogen-bond acceptors (Lipinski definition) is 4. The van der Waals surface area contributed by atoms with Gasteiger partial charge in [-0.15, -0.1) is 0 Å². The summed E-state index contributed by atoms with van der Waals surface area (Å²) in [5, 5.41) is 0. The highest BCUT2D eigenvalue weighted by molar-refractivity contribution is 7.61. The third-order valence-electron chi connectivity index (χ3n) is 2.71. The molecule has 0 fully saturated rings. The standard InChI is InChI=1S/C10H15N4O3P/c1-12-8-7(9(15)13(2)10(12)16)14(5-11-8)6-18(3,4)17/h5H,6H2,1-4H3. The molecular weight excluding hydrogens is 255 g/mol. The van der Waals surface area contributed by atoms with Crippen molar-refractivity contribution in [2.75, 3.05) is 13.3 Å². The minimum absolute atomic E-state index is 0.233. The molecule has 0 N–H and O–H groups in total. The molecule has 0 aromatic carbocycles. The summed E-state index contributed by atoms with van der Waals surface area (Å²) >= 11 is 0. The van der Waals surface area contributed by atoms with Gasteiger partial charge in [-0.05, 0) is 13.3 Å². The zero-order chi connectivity index (χ0) is 13.7. The minimum Gasteiger partial charge on any atom is -0.322 e. The van der Waals surface area contributed by atoms with Crippen molar-refractivity contribution in [1.29, 1.82) is 0 Å². The summed E-state index contributed by atoms with van der Waals surface area (Å²) in [5.41, 5.74) is -0.215. The molecule has 7 nitrogen and oxygen atoms in total. The van der Waals surface area contributed by atoms with Crippen molar-refractivity contribution >= 4 is 18.3 Å². The Hall–Kier alpha value is -1.62. The molecule has 2 aromatic heterocycles. The number of fused-ring (bicyclic) bond motifs is 1. The third kappa shape index (κ3) is 1.95. The van der Waals surface area contributed by atoms with Gasteiger partial charge in [0.15, 0.2) is 11.2 Å². The van der Waals surface area contributed by atoms with Crippen molar-refractivity contribution in [2.45, 2.75) is 6.29 Å². The lowest BCUT2D eigenvalue weighted by Crippen LogP contribution is -2.37. The minimum atomic E-state index is -2.33. The third-order valence-corrected chi connectivity index (χ3v) is 3.70. The van der Waals surface area contributed by atoms with Gasteiger partial charge in [0.1, 0.15) is 7.14 Å². The van der Waals surface area contributed by atoms with Crippen LogP contribution in [0.1, 0.15) is 0 Å². The van der Waals surface area contributed by atoms with Crippen LogP contribution in [0.4, 0.5) is 0 Å². The lowest BCUT2D eigenvalue weighted by Gasteiger charge is -2.09. The monoisotopic (exact) mass is 270 g/mol. The molecule has 0 amide bonds. The predicted molar refractivity (Wildman–Crippen MR) is 69.7 cm³/mol. The van der Waals surface area contributed by atoms with Gasteiger partial charge in [-0.3, -0.25) is 13.9 Å². The Kier molecular flexibility index (Phi) is 2.81. The van der Waals surface area contributed by atoms with Crippen LogP contribution in [-0.4, -0.2) is 32.0 Å². The first kappa shape index (κ1) is 12.8. The quantitative estimate of drug-likeness (QED) is 0.720. The zero-order valence-electron chi connectivity index (χ0n) is 10.7. The Balaban J connectivity index is 2.86. The van der Waals surface area contributed by atoms with E-state index in [1.54, 1.807) is 24.9 Å². The average molecular weight is 270 g/mol. The van der Waals surface area contributed by atoms with E-state index in [2.05, 4.69) is 4.98 Å². The van der Waals surface area contributed by atoms with Gasteiger partial charge in [-0.1, -0.05) is 0 Å². The van der Waals surface area contributed by atoms with Gasteiger partial charge in [-0.25, -0.2) is 9.78 Å². The molecule has 98 valence electrons. The van der Waals surface area contributed by atoms with Crippen molar-refractivity contribution in [3.05, 3.63) is 27.2 Å². The molecule has 0 unspecified atom stereocenters. The molecule has 0 aliphatic heterocycles. The van der Waals surface area contributed by atoms with Crippen molar-refractivity contribution in [1.82, 2.24) is 18.7 Å². The summed E-state index contributed by atoms with van der Waals surface area (Å²) < 4.78 is 15.7. The fraction of sp³-hybridized carbons (Fsp3) is 0.500. The second kappa shape index (κ2) is 3.95. The molecule has 0 atom stereocenters. The first-order valence-corrected chi connectivity index (χ1v) is 8.16. The molecule has 2 aromatic rings. The molecule has 0 radical (unpaired) electrons. The topological polar surface area (TPSA) is 78.9 Å². The number of aromatic nitrogens is 4. The van der Waals surface area contributed by atoms with Crippen LogP contribution in [0.15, 0.2) is 15.9 Å². The predicted octanol–water partition coefficient (Wildman–Crippen LogP) is 0.0139. The summed E-state index contributed by atoms with van der Waals surface area (Å²) in [7, 11) is 0.637. The van der Waals surface area contributed by atoms with E-state index in [0.29, 0.717) is 11.2 Å². The van der Waals surface area contributed by atoms with Crippen LogP contribution in [-0.2, 0) is 24.9 Å². The molecule has 0 saturated heterocycles. The van der Waals surface area contributed by atoms with E-state index in [1.807, 2.05) is 0 Å². The van der Waals surface area contributed by atoms with E-state index < -0.39 is 18.4 Å². The Bertz CT molecular complexity index is 777. The smallest absolute Gasteiger partial charge is 0.322 e. The number of imidazole rings is 1. The maximum absolute atomic E-state index is 12.1. The molecule has 0 bridgehead atoms. The molecule has 0 aliphatic rings. The summed E-state index contributed by atoms with van der Waals surface area (Å²) in [6.07, 6.45) is 1.68. The van der Waals surface area contributed by atoms with Crippen molar-refractivity contribution in [2.24, 2.45) is 14.1 Å². The summed E-state index contributed by atoms with van der Waals surface area (Å²) in [5.74, 6) is 0. The second-order valence-corrected chi connectivity index (χ2v) is 8.24. The number of nitrogens with zero attached hydrogens (tertiary/aromatic N) is 4. The Morgan fingerprint density at radius 1 is 1.22 bits per heavy atom. The van der Waals surface area contributed by atoms with Crippen LogP contribution in [0.25, 0.3) is 11.2 Å². The normalized spacial score (nSPS) is 12.2. The van der Waals surface area contributed by atoms with Crippen LogP contribution in [0, 0.1) is 0 Å². The van der Waals surface area contributed by atoms with E-state index in [-0.39, 0.29) is 6.29 Å². The number of hydrogen-bond donors (Lipinski definition) is 0. The lowest BCUT2D eigenvalue weighted by molar-refractivity contribution is 0.575. The van der Waals surface area contributed by atoms with Crippen LogP contribution in [0.2, 0.25) is 0 Å². The van der Waals surface area contributed by atoms with E-state index in [1.165, 1.54) is 17.9 Å². The summed E-state index contributed by atoms with van der Waals surface area (Å²) in [6.45, 7) is 3.29. The molecule has 18 heavy (non-hydrogen) atoms. The van der Waals surface area contributed by atoms with E-state index in [0.717, 1.165) is 4.57 Å². The first-order valence-electron chi connectivity index (χ1n) is 5.37. The zero-order valence-corrected chi connectivity index (χ0v) is 11.6. The Morgan fingerprint density at radius 2 is 1.83 bits per heavy atom. The molecule has 0 saturated carbocycles. The number of rotatable bonds is 2. The highest BCUT2D eigenvalue weighted by atomic mass is 31.2. The van der Waals surface area contributed by atoms with E-state index >= 15 is 0 Å². The van der Waals surface area contributed by atoms with Gasteiger partial charge in [0.05, 0.1) is 12.6 Å². The van der Waals surface area contributed by atoms with Gasteiger partial charge in [-0.2, -0.15) is 0 Å². The van der Waals surface area contributed by atoms with E-state index in [9.17, 15) is 14.2 Å². The fourth-order valence-electron chi connectivity index (χ4n) is 1.87. The molecule has 2 heterocycles. The maximum atomic E-state index is 12.1. The fourth-order valence-corrected chi connectivity index (χ4v) is 2.82. The molecule has 2 rings (SSSR count). The molecule has 0 aliphatic carbocycles. The SMILES string of the molecule is Cn1c(=O)c2c(ncn2CP(C)(C)=O)n(C)c1=O. The number of aryl methyl sites for hydroxylation is 1. The molecule has 0 spiro atoms. The Labute approximate surface area is 103 Å². The first-order chi connectivity index (χ1) is 8.22. The van der Waals surface area contributed by atoms with Gasteiger partial charge >= 0.3 is 5.69 Å². The summed E-state index contributed by atoms with van der Waals surface area (Å²) in [4.78, 5) is 27.8. The van der Waals surface area contributed by atoms with Crippen molar-refractivity contribution in [3.63, 3.8) is 0 Å². The molecule has 8 heteroatoms. The highest BCUT2D eigenvalue weighted by Gasteiger charge is 2.17. The van der Waals surface area contributed by atoms with Gasteiger partial charge in [0, 0.05) is 14.1 Å². The van der Waals surface area contributed by atoms with Crippen LogP contribution >= 0.6 is 7.14 Å². The van der Waals surface area contributed by atoms with Crippen molar-refractivity contribution < 1.29 is 4.57 Å². The van der Waals surface area contributed by atoms with E-state index in [4.69, 9.17) is 0 Å². The Morgan fingerprint density at radius 3 is 2.39 bits per heavy atom. The van der Waals surface area contributed by atoms with Gasteiger partial charge < -0.3 is 9.13 Å².